The summed E-state index contributed by atoms with van der Waals surface area (Å²) in [6.45, 7) is 15.1. The van der Waals surface area contributed by atoms with E-state index < -0.39 is 0 Å². The summed E-state index contributed by atoms with van der Waals surface area (Å²) in [6, 6.07) is 2.60. The van der Waals surface area contributed by atoms with E-state index in [0.717, 1.165) is 61.9 Å². The molecule has 1 fully saturated rings. The third-order valence-corrected chi connectivity index (χ3v) is 5.27. The lowest BCUT2D eigenvalue weighted by atomic mass is 10.1. The number of hydrogen-bond acceptors (Lipinski definition) is 6. The summed E-state index contributed by atoms with van der Waals surface area (Å²) in [5.74, 6) is 0.686. The lowest BCUT2D eigenvalue weighted by Crippen LogP contribution is -2.49. The van der Waals surface area contributed by atoms with Crippen LogP contribution < -0.4 is 5.32 Å². The van der Waals surface area contributed by atoms with Crippen molar-refractivity contribution in [1.29, 1.82) is 0 Å². The molecular weight excluding hydrogens is 326 g/mol. The molecule has 1 aliphatic heterocycles. The van der Waals surface area contributed by atoms with E-state index in [4.69, 9.17) is 4.98 Å². The van der Waals surface area contributed by atoms with Crippen LogP contribution in [-0.2, 0) is 7.05 Å². The molecule has 0 atom stereocenters. The van der Waals surface area contributed by atoms with Gasteiger partial charge in [0.1, 0.15) is 0 Å². The van der Waals surface area contributed by atoms with E-state index in [2.05, 4.69) is 46.0 Å². The Labute approximate surface area is 156 Å². The van der Waals surface area contributed by atoms with Crippen molar-refractivity contribution in [3.63, 3.8) is 0 Å². The molecule has 142 valence electrons. The Morgan fingerprint density at radius 3 is 2.50 bits per heavy atom. The molecular formula is C19H31N7. The first-order chi connectivity index (χ1) is 12.5. The van der Waals surface area contributed by atoms with E-state index in [-0.39, 0.29) is 0 Å². The average Bonchev–Trinajstić information content (AvgIpc) is 2.88. The molecule has 0 amide bonds. The van der Waals surface area contributed by atoms with Gasteiger partial charge in [0.05, 0.1) is 11.4 Å². The standard InChI is InChI=1S/C19H31N7/c1-14(2)26-12-10-25(11-13-26)9-8-21-19-20-7-6-17(22-19)18-15(3)23-24(5)16(18)4/h6-7,14H,8-13H2,1-5H3,(H,20,21,22). The van der Waals surface area contributed by atoms with Crippen LogP contribution in [0.1, 0.15) is 25.2 Å². The van der Waals surface area contributed by atoms with Gasteiger partial charge in [-0.3, -0.25) is 14.5 Å². The number of aryl methyl sites for hydroxylation is 2. The molecule has 0 saturated carbocycles. The lowest BCUT2D eigenvalue weighted by Gasteiger charge is -2.36. The SMILES string of the molecule is Cc1nn(C)c(C)c1-c1ccnc(NCCN2CCN(C(C)C)CC2)n1. The van der Waals surface area contributed by atoms with Crippen LogP contribution in [0.3, 0.4) is 0 Å². The molecule has 0 bridgehead atoms. The molecule has 1 saturated heterocycles. The first-order valence-corrected chi connectivity index (χ1v) is 9.49. The predicted octanol–water partition coefficient (Wildman–Crippen LogP) is 1.93. The number of nitrogens with one attached hydrogen (secondary N) is 1. The minimum Gasteiger partial charge on any atom is -0.353 e. The highest BCUT2D eigenvalue weighted by Gasteiger charge is 2.18. The maximum atomic E-state index is 4.69. The first-order valence-electron chi connectivity index (χ1n) is 9.49. The molecule has 0 radical (unpaired) electrons. The monoisotopic (exact) mass is 357 g/mol. The van der Waals surface area contributed by atoms with Gasteiger partial charge in [0, 0.05) is 69.8 Å². The molecule has 0 unspecified atom stereocenters. The molecule has 2 aromatic heterocycles. The second kappa shape index (κ2) is 8.14. The average molecular weight is 358 g/mol. The Morgan fingerprint density at radius 2 is 1.88 bits per heavy atom. The van der Waals surface area contributed by atoms with Gasteiger partial charge in [-0.2, -0.15) is 5.10 Å². The number of nitrogens with zero attached hydrogens (tertiary/aromatic N) is 6. The maximum Gasteiger partial charge on any atom is 0.223 e. The molecule has 3 heterocycles. The van der Waals surface area contributed by atoms with Crippen molar-refractivity contribution in [2.24, 2.45) is 7.05 Å². The highest BCUT2D eigenvalue weighted by atomic mass is 15.3. The molecule has 1 N–H and O–H groups in total. The molecule has 3 rings (SSSR count). The van der Waals surface area contributed by atoms with E-state index in [1.54, 1.807) is 0 Å². The van der Waals surface area contributed by atoms with Crippen LogP contribution in [0.4, 0.5) is 5.95 Å². The van der Waals surface area contributed by atoms with Gasteiger partial charge in [0.2, 0.25) is 5.95 Å². The van der Waals surface area contributed by atoms with Crippen LogP contribution in [0, 0.1) is 13.8 Å². The fourth-order valence-electron chi connectivity index (χ4n) is 3.56. The summed E-state index contributed by atoms with van der Waals surface area (Å²) in [7, 11) is 1.96. The molecule has 0 aromatic carbocycles. The fraction of sp³-hybridized carbons (Fsp3) is 0.632. The zero-order chi connectivity index (χ0) is 18.7. The van der Waals surface area contributed by atoms with Crippen molar-refractivity contribution < 1.29 is 0 Å². The quantitative estimate of drug-likeness (QED) is 0.852. The largest absolute Gasteiger partial charge is 0.353 e. The van der Waals surface area contributed by atoms with Gasteiger partial charge in [-0.15, -0.1) is 0 Å². The fourth-order valence-corrected chi connectivity index (χ4v) is 3.56. The molecule has 7 nitrogen and oxygen atoms in total. The molecule has 0 aliphatic carbocycles. The highest BCUT2D eigenvalue weighted by molar-refractivity contribution is 5.65. The molecule has 1 aliphatic rings. The third-order valence-electron chi connectivity index (χ3n) is 5.27. The Morgan fingerprint density at radius 1 is 1.15 bits per heavy atom. The second-order valence-corrected chi connectivity index (χ2v) is 7.33. The Bertz CT molecular complexity index is 729. The molecule has 7 heteroatoms. The molecule has 2 aromatic rings. The van der Waals surface area contributed by atoms with Gasteiger partial charge in [0.25, 0.3) is 0 Å². The molecule has 26 heavy (non-hydrogen) atoms. The lowest BCUT2D eigenvalue weighted by molar-refractivity contribution is 0.111. The Balaban J connectivity index is 1.55. The normalized spacial score (nSPS) is 16.4. The summed E-state index contributed by atoms with van der Waals surface area (Å²) >= 11 is 0. The topological polar surface area (TPSA) is 62.1 Å². The highest BCUT2D eigenvalue weighted by Crippen LogP contribution is 2.24. The Kier molecular flexibility index (Phi) is 5.88. The third kappa shape index (κ3) is 4.22. The first kappa shape index (κ1) is 18.8. The van der Waals surface area contributed by atoms with Crippen LogP contribution in [0.5, 0.6) is 0 Å². The van der Waals surface area contributed by atoms with Gasteiger partial charge < -0.3 is 5.32 Å². The molecule has 0 spiro atoms. The summed E-state index contributed by atoms with van der Waals surface area (Å²) in [4.78, 5) is 14.1. The number of anilines is 1. The second-order valence-electron chi connectivity index (χ2n) is 7.33. The summed E-state index contributed by atoms with van der Waals surface area (Å²) < 4.78 is 1.90. The Hall–Kier alpha value is -1.99. The zero-order valence-electron chi connectivity index (χ0n) is 16.7. The van der Waals surface area contributed by atoms with Crippen molar-refractivity contribution in [2.45, 2.75) is 33.7 Å². The van der Waals surface area contributed by atoms with E-state index in [0.29, 0.717) is 12.0 Å². The van der Waals surface area contributed by atoms with Crippen LogP contribution in [0.25, 0.3) is 11.3 Å². The minimum atomic E-state index is 0.644. The number of hydrogen-bond donors (Lipinski definition) is 1. The summed E-state index contributed by atoms with van der Waals surface area (Å²) in [6.07, 6.45) is 1.82. The summed E-state index contributed by atoms with van der Waals surface area (Å²) in [5.41, 5.74) is 4.15. The number of aromatic nitrogens is 4. The summed E-state index contributed by atoms with van der Waals surface area (Å²) in [5, 5.41) is 7.86. The van der Waals surface area contributed by atoms with Crippen LogP contribution in [0.15, 0.2) is 12.3 Å². The van der Waals surface area contributed by atoms with E-state index in [1.807, 2.05) is 30.9 Å². The van der Waals surface area contributed by atoms with Gasteiger partial charge in [0.15, 0.2) is 0 Å². The van der Waals surface area contributed by atoms with Crippen LogP contribution in [-0.4, -0.2) is 74.9 Å². The van der Waals surface area contributed by atoms with Gasteiger partial charge in [-0.25, -0.2) is 9.97 Å². The van der Waals surface area contributed by atoms with Crippen molar-refractivity contribution in [1.82, 2.24) is 29.5 Å². The van der Waals surface area contributed by atoms with Gasteiger partial charge in [-0.1, -0.05) is 0 Å². The van der Waals surface area contributed by atoms with E-state index in [9.17, 15) is 0 Å². The number of rotatable bonds is 6. The zero-order valence-corrected chi connectivity index (χ0v) is 16.7. The van der Waals surface area contributed by atoms with Crippen molar-refractivity contribution in [3.05, 3.63) is 23.7 Å². The van der Waals surface area contributed by atoms with Gasteiger partial charge >= 0.3 is 0 Å². The van der Waals surface area contributed by atoms with E-state index >= 15 is 0 Å². The maximum absolute atomic E-state index is 4.69. The number of piperazine rings is 1. The van der Waals surface area contributed by atoms with Crippen molar-refractivity contribution >= 4 is 5.95 Å². The van der Waals surface area contributed by atoms with Crippen molar-refractivity contribution in [3.8, 4) is 11.3 Å². The van der Waals surface area contributed by atoms with Crippen molar-refractivity contribution in [2.75, 3.05) is 44.6 Å². The van der Waals surface area contributed by atoms with Gasteiger partial charge in [-0.05, 0) is 33.8 Å². The minimum absolute atomic E-state index is 0.644. The van der Waals surface area contributed by atoms with Crippen LogP contribution >= 0.6 is 0 Å². The smallest absolute Gasteiger partial charge is 0.223 e. The predicted molar refractivity (Wildman–Crippen MR) is 105 cm³/mol. The van der Waals surface area contributed by atoms with Crippen LogP contribution in [0.2, 0.25) is 0 Å². The van der Waals surface area contributed by atoms with E-state index in [1.165, 1.54) is 0 Å².